The van der Waals surface area contributed by atoms with Crippen molar-refractivity contribution in [3.05, 3.63) is 29.9 Å². The first kappa shape index (κ1) is 25.1. The van der Waals surface area contributed by atoms with Gasteiger partial charge >= 0.3 is 0 Å². The lowest BCUT2D eigenvalue weighted by atomic mass is 9.44. The van der Waals surface area contributed by atoms with Crippen LogP contribution in [0.1, 0.15) is 65.1 Å². The van der Waals surface area contributed by atoms with E-state index in [0.29, 0.717) is 31.2 Å². The first-order chi connectivity index (χ1) is 15.9. The number of Topliss-reactive ketones (excluding diaryl/α,β-unsaturated/α-hetero) is 1. The number of imidazole rings is 1. The largest absolute Gasteiger partial charge is 0.361 e. The number of carbonyl (C=O) groups is 2. The molecule has 0 aliphatic heterocycles. The summed E-state index contributed by atoms with van der Waals surface area (Å²) < 4.78 is 7.90. The molecule has 0 amide bonds. The Morgan fingerprint density at radius 2 is 1.91 bits per heavy atom. The normalized spacial score (nSPS) is 30.6. The first-order valence-corrected chi connectivity index (χ1v) is 16.5. The molecule has 2 saturated carbocycles. The third-order valence-corrected chi connectivity index (χ3v) is 10.4. The van der Waals surface area contributed by atoms with Crippen LogP contribution in [0.3, 0.4) is 0 Å². The highest BCUT2D eigenvalue weighted by Crippen LogP contribution is 2.64. The van der Waals surface area contributed by atoms with Gasteiger partial charge in [0.05, 0.1) is 5.41 Å². The number of ether oxygens (including phenoxy) is 1. The maximum atomic E-state index is 12.8. The second-order valence-corrected chi connectivity index (χ2v) is 18.2. The zero-order valence-corrected chi connectivity index (χ0v) is 22.8. The monoisotopic (exact) mass is 480 g/mol. The molecule has 1 unspecified atom stereocenters. The molecule has 0 radical (unpaired) electrons. The molecule has 6 heteroatoms. The lowest BCUT2D eigenvalue weighted by Crippen LogP contribution is -2.54. The molecule has 184 valence electrons. The Kier molecular flexibility index (Phi) is 6.59. The van der Waals surface area contributed by atoms with Crippen molar-refractivity contribution in [2.24, 2.45) is 22.2 Å². The van der Waals surface area contributed by atoms with E-state index in [1.807, 2.05) is 16.8 Å². The molecule has 1 aromatic heterocycles. The van der Waals surface area contributed by atoms with Crippen LogP contribution in [0.5, 0.6) is 0 Å². The number of fused-ring (bicyclic) bond motifs is 3. The zero-order chi connectivity index (χ0) is 24.8. The van der Waals surface area contributed by atoms with Crippen LogP contribution in [0.4, 0.5) is 0 Å². The lowest BCUT2D eigenvalue weighted by Gasteiger charge is -2.59. The van der Waals surface area contributed by atoms with Crippen molar-refractivity contribution in [2.75, 3.05) is 6.61 Å². The highest BCUT2D eigenvalue weighted by molar-refractivity contribution is 6.76. The maximum absolute atomic E-state index is 12.8. The Morgan fingerprint density at radius 3 is 2.65 bits per heavy atom. The van der Waals surface area contributed by atoms with Gasteiger partial charge in [-0.3, -0.25) is 9.59 Å². The van der Waals surface area contributed by atoms with Crippen molar-refractivity contribution in [1.82, 2.24) is 9.55 Å². The number of rotatable bonds is 5. The maximum Gasteiger partial charge on any atom is 0.187 e. The minimum Gasteiger partial charge on any atom is -0.361 e. The van der Waals surface area contributed by atoms with E-state index in [1.165, 1.54) is 5.57 Å². The third-order valence-electron chi connectivity index (χ3n) is 8.68. The van der Waals surface area contributed by atoms with Gasteiger partial charge in [-0.1, -0.05) is 46.3 Å². The Balaban J connectivity index is 1.61. The zero-order valence-electron chi connectivity index (χ0n) is 21.8. The Labute approximate surface area is 205 Å². The average molecular weight is 481 g/mol. The molecule has 0 saturated heterocycles. The van der Waals surface area contributed by atoms with Gasteiger partial charge in [-0.25, -0.2) is 4.98 Å². The van der Waals surface area contributed by atoms with Crippen molar-refractivity contribution in [1.29, 1.82) is 0 Å². The molecule has 0 N–H and O–H groups in total. The van der Waals surface area contributed by atoms with E-state index in [0.717, 1.165) is 38.3 Å². The molecular formula is C28H40N2O3Si. The smallest absolute Gasteiger partial charge is 0.187 e. The van der Waals surface area contributed by atoms with E-state index in [4.69, 9.17) is 4.74 Å². The number of hydrogen-bond donors (Lipinski definition) is 0. The molecule has 0 aromatic carbocycles. The molecule has 3 aliphatic carbocycles. The van der Waals surface area contributed by atoms with Gasteiger partial charge < -0.3 is 9.30 Å². The van der Waals surface area contributed by atoms with Crippen LogP contribution >= 0.6 is 0 Å². The summed E-state index contributed by atoms with van der Waals surface area (Å²) in [4.78, 5) is 29.8. The summed E-state index contributed by atoms with van der Waals surface area (Å²) in [5.41, 5.74) is 0.322. The summed E-state index contributed by atoms with van der Waals surface area (Å²) in [5.74, 6) is 8.51. The highest BCUT2D eigenvalue weighted by atomic mass is 28.3. The number of allylic oxidation sites excluding steroid dienone is 2. The molecule has 34 heavy (non-hydrogen) atoms. The van der Waals surface area contributed by atoms with Gasteiger partial charge in [0.15, 0.2) is 11.6 Å². The van der Waals surface area contributed by atoms with Crippen LogP contribution < -0.4 is 0 Å². The van der Waals surface area contributed by atoms with E-state index in [-0.39, 0.29) is 27.9 Å². The third kappa shape index (κ3) is 4.62. The predicted molar refractivity (Wildman–Crippen MR) is 137 cm³/mol. The minimum absolute atomic E-state index is 0.171. The number of carbonyl (C=O) groups excluding carboxylic acids is 2. The summed E-state index contributed by atoms with van der Waals surface area (Å²) in [5, 5.41) is 0. The fourth-order valence-corrected chi connectivity index (χ4v) is 7.27. The second-order valence-electron chi connectivity index (χ2n) is 12.6. The highest BCUT2D eigenvalue weighted by Gasteiger charge is 2.59. The summed E-state index contributed by atoms with van der Waals surface area (Å²) in [6.07, 6.45) is 10.1. The van der Waals surface area contributed by atoms with Crippen molar-refractivity contribution in [3.8, 4) is 11.8 Å². The molecule has 5 nitrogen and oxygen atoms in total. The molecule has 0 spiro atoms. The Bertz CT molecular complexity index is 1070. The standard InChI is InChI=1S/C28H40N2O3Si/c1-26(2)22-8-13-28(12-7-21(31)19-23(28)27(22,3)11-9-24(26)32)14-10-25-29-15-16-30(25)20-33-17-18-34(4,5)6/h15-16,19,22H,7-9,11-13,17-18,20H2,1-6H3/t22?,27-,28+/m0/s1. The second kappa shape index (κ2) is 8.91. The van der Waals surface area contributed by atoms with Gasteiger partial charge in [0.2, 0.25) is 0 Å². The van der Waals surface area contributed by atoms with Gasteiger partial charge in [-0.2, -0.15) is 0 Å². The van der Waals surface area contributed by atoms with Gasteiger partial charge in [-0.15, -0.1) is 0 Å². The molecule has 2 fully saturated rings. The molecule has 1 heterocycles. The van der Waals surface area contributed by atoms with Gasteiger partial charge in [0.1, 0.15) is 12.5 Å². The first-order valence-electron chi connectivity index (χ1n) is 12.8. The van der Waals surface area contributed by atoms with Crippen LogP contribution in [-0.4, -0.2) is 35.8 Å². The van der Waals surface area contributed by atoms with E-state index in [9.17, 15) is 9.59 Å². The Hall–Kier alpha value is -1.97. The quantitative estimate of drug-likeness (QED) is 0.311. The summed E-state index contributed by atoms with van der Waals surface area (Å²) in [6, 6.07) is 1.13. The molecule has 3 atom stereocenters. The van der Waals surface area contributed by atoms with Crippen LogP contribution in [-0.2, 0) is 21.1 Å². The van der Waals surface area contributed by atoms with E-state index in [2.05, 4.69) is 57.2 Å². The number of aromatic nitrogens is 2. The SMILES string of the molecule is CC1(C)C(=O)CC[C@]2(C)C3=CC(=O)CC[C@]3(C#Cc3nccn3COCC[Si](C)(C)C)CCC12. The molecule has 0 bridgehead atoms. The number of nitrogens with zero attached hydrogens (tertiary/aromatic N) is 2. The van der Waals surface area contributed by atoms with Gasteiger partial charge in [0.25, 0.3) is 0 Å². The fraction of sp³-hybridized carbons (Fsp3) is 0.679. The molecular weight excluding hydrogens is 440 g/mol. The summed E-state index contributed by atoms with van der Waals surface area (Å²) >= 11 is 0. The van der Waals surface area contributed by atoms with Crippen LogP contribution in [0, 0.1) is 34.0 Å². The Morgan fingerprint density at radius 1 is 1.15 bits per heavy atom. The fourth-order valence-electron chi connectivity index (χ4n) is 6.51. The van der Waals surface area contributed by atoms with E-state index >= 15 is 0 Å². The minimum atomic E-state index is -1.13. The summed E-state index contributed by atoms with van der Waals surface area (Å²) in [6.45, 7) is 14.7. The van der Waals surface area contributed by atoms with Crippen LogP contribution in [0.2, 0.25) is 25.7 Å². The molecule has 1 aromatic rings. The lowest BCUT2D eigenvalue weighted by molar-refractivity contribution is -0.141. The van der Waals surface area contributed by atoms with Crippen molar-refractivity contribution in [3.63, 3.8) is 0 Å². The number of ketones is 2. The van der Waals surface area contributed by atoms with Crippen LogP contribution in [0.15, 0.2) is 24.0 Å². The molecule has 4 rings (SSSR count). The van der Waals surface area contributed by atoms with Crippen molar-refractivity contribution in [2.45, 2.75) is 91.7 Å². The van der Waals surface area contributed by atoms with Crippen molar-refractivity contribution < 1.29 is 14.3 Å². The topological polar surface area (TPSA) is 61.2 Å². The van der Waals surface area contributed by atoms with Gasteiger partial charge in [0, 0.05) is 45.3 Å². The van der Waals surface area contributed by atoms with E-state index < -0.39 is 8.07 Å². The molecule has 3 aliphatic rings. The van der Waals surface area contributed by atoms with Crippen molar-refractivity contribution >= 4 is 19.6 Å². The number of hydrogen-bond acceptors (Lipinski definition) is 4. The average Bonchev–Trinajstić information content (AvgIpc) is 3.20. The predicted octanol–water partition coefficient (Wildman–Crippen LogP) is 5.63. The van der Waals surface area contributed by atoms with Crippen LogP contribution in [0.25, 0.3) is 0 Å². The van der Waals surface area contributed by atoms with E-state index in [1.54, 1.807) is 6.20 Å². The summed E-state index contributed by atoms with van der Waals surface area (Å²) in [7, 11) is -1.13. The van der Waals surface area contributed by atoms with Gasteiger partial charge in [-0.05, 0) is 60.6 Å².